The van der Waals surface area contributed by atoms with Gasteiger partial charge in [0.05, 0.1) is 47.5 Å². The third kappa shape index (κ3) is 12.9. The lowest BCUT2D eigenvalue weighted by atomic mass is 9.92. The first-order valence-electron chi connectivity index (χ1n) is 27.5. The van der Waals surface area contributed by atoms with Gasteiger partial charge in [-0.1, -0.05) is 151 Å². The van der Waals surface area contributed by atoms with Gasteiger partial charge < -0.3 is 18.5 Å². The van der Waals surface area contributed by atoms with Crippen LogP contribution < -0.4 is 15.1 Å². The van der Waals surface area contributed by atoms with Crippen LogP contribution >= 0.6 is 11.6 Å². The number of hydrogen-bond acceptors (Lipinski definition) is 10. The van der Waals surface area contributed by atoms with E-state index in [1.165, 1.54) is 33.5 Å². The summed E-state index contributed by atoms with van der Waals surface area (Å²) < 4.78 is 101. The second-order valence-corrected chi connectivity index (χ2v) is 29.3. The van der Waals surface area contributed by atoms with Crippen molar-refractivity contribution in [2.45, 2.75) is 116 Å². The van der Waals surface area contributed by atoms with Crippen molar-refractivity contribution < 1.29 is 50.0 Å². The molecule has 0 spiro atoms. The van der Waals surface area contributed by atoms with Gasteiger partial charge in [0, 0.05) is 60.1 Å². The number of fused-ring (bicyclic) bond motifs is 2. The van der Waals surface area contributed by atoms with Crippen LogP contribution in [0.1, 0.15) is 102 Å². The van der Waals surface area contributed by atoms with Crippen molar-refractivity contribution in [2.75, 3.05) is 19.8 Å². The number of esters is 1. The van der Waals surface area contributed by atoms with Gasteiger partial charge in [-0.15, -0.1) is 0 Å². The second kappa shape index (κ2) is 24.9. The molecule has 8 aromatic rings. The number of hydrogen-bond donors (Lipinski definition) is 0. The van der Waals surface area contributed by atoms with Crippen LogP contribution in [-0.2, 0) is 57.0 Å². The van der Waals surface area contributed by atoms with Gasteiger partial charge in [-0.25, -0.2) is 30.7 Å². The van der Waals surface area contributed by atoms with Crippen molar-refractivity contribution in [3.05, 3.63) is 177 Å². The fraction of sp³-hybridized carbons (Fsp3) is 0.349. The van der Waals surface area contributed by atoms with Crippen LogP contribution in [0.4, 0.5) is 18.9 Å². The Morgan fingerprint density at radius 1 is 0.831 bits per heavy atom. The van der Waals surface area contributed by atoms with Crippen LogP contribution in [0.3, 0.4) is 0 Å². The first kappa shape index (κ1) is 61.7. The number of nitro groups is 1. The summed E-state index contributed by atoms with van der Waals surface area (Å²) >= 11 is 7.40. The van der Waals surface area contributed by atoms with Gasteiger partial charge in [-0.05, 0) is 94.4 Å². The van der Waals surface area contributed by atoms with Crippen molar-refractivity contribution in [3.63, 3.8) is 0 Å². The van der Waals surface area contributed by atoms with E-state index in [2.05, 4.69) is 0 Å². The number of benzene rings is 6. The van der Waals surface area contributed by atoms with Crippen LogP contribution in [-0.4, -0.2) is 77.9 Å². The van der Waals surface area contributed by atoms with Gasteiger partial charge in [0.2, 0.25) is 5.91 Å². The molecule has 438 valence electrons. The van der Waals surface area contributed by atoms with E-state index in [0.717, 1.165) is 22.5 Å². The van der Waals surface area contributed by atoms with E-state index in [9.17, 15) is 32.5 Å². The molecular formula is C63H69ClF3N5O9SSi. The molecule has 0 saturated heterocycles. The Morgan fingerprint density at radius 3 is 2.08 bits per heavy atom. The number of amides is 1. The molecule has 2 heterocycles. The van der Waals surface area contributed by atoms with Crippen LogP contribution in [0.2, 0.25) is 10.1 Å². The van der Waals surface area contributed by atoms with Crippen LogP contribution in [0, 0.1) is 21.3 Å². The molecular weight excluding hydrogens is 1120 g/mol. The molecule has 0 fully saturated rings. The standard InChI is InChI=1S/C63H69ClF3N5O9SSi/c1-10-51-57(50(68-69(51)9)40-71(55(73)39-61(3,4)5)82(77,78)54-30-19-18-28-52(54)72(75)76)56-49(64)34-33-48-47(27-21-37-80-53-29-20-22-42-38-43(65)31-32-46(42)53)59(60(74)79-11-2)70(58(48)56)36-35-63(66,67)41-81-83(62(6,7)8,44-23-14-12-15-24-44)45-25-16-13-17-26-45/h12-20,22-26,28-34,38H,10-11,21,27,35-37,39-41H2,1-9H3. The summed E-state index contributed by atoms with van der Waals surface area (Å²) in [6.07, 6.45) is -0.447. The SMILES string of the molecule is CCOC(=O)c1c(CCCOc2cccc3cc(F)ccc23)c2ccc(Cl)c(-c3c(CN(C(=O)CC(C)(C)C)S(=O)(=O)c4ccccc4[N+](=O)[O-])nn(C)c3CC)c2n1CCC(F)(F)CO[Si](c1ccccc1)(c1ccccc1)C(C)(C)C. The van der Waals surface area contributed by atoms with Crippen LogP contribution in [0.25, 0.3) is 32.8 Å². The number of para-hydroxylation sites is 1. The summed E-state index contributed by atoms with van der Waals surface area (Å²) in [5.74, 6) is -5.10. The highest BCUT2D eigenvalue weighted by Crippen LogP contribution is 2.45. The number of sulfonamides is 1. The van der Waals surface area contributed by atoms with Crippen LogP contribution in [0.15, 0.2) is 138 Å². The zero-order valence-corrected chi connectivity index (χ0v) is 50.7. The molecule has 0 radical (unpaired) electrons. The quantitative estimate of drug-likeness (QED) is 0.0198. The van der Waals surface area contributed by atoms with Crippen LogP contribution in [0.5, 0.6) is 5.75 Å². The van der Waals surface area contributed by atoms with Gasteiger partial charge in [0.15, 0.2) is 4.90 Å². The number of carbonyl (C=O) groups is 2. The summed E-state index contributed by atoms with van der Waals surface area (Å²) in [6, 6.07) is 36.6. The fourth-order valence-corrected chi connectivity index (χ4v) is 17.4. The van der Waals surface area contributed by atoms with Gasteiger partial charge in [-0.2, -0.15) is 5.10 Å². The summed E-state index contributed by atoms with van der Waals surface area (Å²) in [5.41, 5.74) is 0.116. The summed E-state index contributed by atoms with van der Waals surface area (Å²) in [6.45, 7) is 12.5. The molecule has 20 heteroatoms. The highest BCUT2D eigenvalue weighted by Gasteiger charge is 2.52. The number of aryl methyl sites for hydroxylation is 3. The molecule has 0 bridgehead atoms. The molecule has 14 nitrogen and oxygen atoms in total. The molecule has 2 aromatic heterocycles. The number of carbonyl (C=O) groups excluding carboxylic acids is 2. The van der Waals surface area contributed by atoms with Crippen molar-refractivity contribution in [3.8, 4) is 16.9 Å². The number of halogens is 4. The molecule has 0 aliphatic carbocycles. The lowest BCUT2D eigenvalue weighted by molar-refractivity contribution is -0.387. The minimum atomic E-state index is -5.00. The number of rotatable bonds is 23. The Kier molecular flexibility index (Phi) is 18.5. The van der Waals surface area contributed by atoms with E-state index in [0.29, 0.717) is 37.5 Å². The Hall–Kier alpha value is -7.32. The smallest absolute Gasteiger partial charge is 0.355 e. The average Bonchev–Trinajstić information content (AvgIpc) is 2.11. The number of nitro benzene ring substituents is 1. The monoisotopic (exact) mass is 1190 g/mol. The lowest BCUT2D eigenvalue weighted by Crippen LogP contribution is -2.67. The topological polar surface area (TPSA) is 165 Å². The maximum Gasteiger partial charge on any atom is 0.355 e. The molecule has 0 N–H and O–H groups in total. The number of alkyl halides is 2. The summed E-state index contributed by atoms with van der Waals surface area (Å²) in [5, 5.41) is 20.0. The van der Waals surface area contributed by atoms with E-state index in [4.69, 9.17) is 30.6 Å². The third-order valence-corrected chi connectivity index (χ3v) is 21.8. The Labute approximate surface area is 488 Å². The van der Waals surface area contributed by atoms with Crippen molar-refractivity contribution >= 4 is 79.6 Å². The minimum absolute atomic E-state index is 0.0163. The predicted octanol–water partition coefficient (Wildman–Crippen LogP) is 13.4. The van der Waals surface area contributed by atoms with Gasteiger partial charge in [-0.3, -0.25) is 19.6 Å². The second-order valence-electron chi connectivity index (χ2n) is 22.8. The first-order valence-corrected chi connectivity index (χ1v) is 31.3. The molecule has 0 unspecified atom stereocenters. The Morgan fingerprint density at radius 2 is 1.47 bits per heavy atom. The largest absolute Gasteiger partial charge is 0.493 e. The maximum atomic E-state index is 17.4. The van der Waals surface area contributed by atoms with E-state index < -0.39 is 94.0 Å². The zero-order chi connectivity index (χ0) is 60.2. The zero-order valence-electron chi connectivity index (χ0n) is 48.1. The predicted molar refractivity (Wildman–Crippen MR) is 320 cm³/mol. The van der Waals surface area contributed by atoms with Gasteiger partial charge in [0.25, 0.3) is 30.0 Å². The first-order chi connectivity index (χ1) is 39.2. The molecule has 83 heavy (non-hydrogen) atoms. The highest BCUT2D eigenvalue weighted by molar-refractivity contribution is 7.89. The number of aromatic nitrogens is 3. The maximum absolute atomic E-state index is 17.4. The van der Waals surface area contributed by atoms with Crippen molar-refractivity contribution in [1.82, 2.24) is 18.7 Å². The van der Waals surface area contributed by atoms with Crippen molar-refractivity contribution in [1.29, 1.82) is 0 Å². The Bertz CT molecular complexity index is 3770. The number of ether oxygens (including phenoxy) is 2. The molecule has 0 atom stereocenters. The summed E-state index contributed by atoms with van der Waals surface area (Å²) in [4.78, 5) is 40.1. The lowest BCUT2D eigenvalue weighted by Gasteiger charge is -2.43. The van der Waals surface area contributed by atoms with E-state index in [1.54, 1.807) is 71.1 Å². The number of nitrogens with zero attached hydrogens (tertiary/aromatic N) is 5. The average molecular weight is 1190 g/mol. The normalized spacial score (nSPS) is 12.5. The van der Waals surface area contributed by atoms with E-state index in [-0.39, 0.29) is 72.0 Å². The van der Waals surface area contributed by atoms with Crippen molar-refractivity contribution in [2.24, 2.45) is 12.5 Å². The van der Waals surface area contributed by atoms with Gasteiger partial charge in [0.1, 0.15) is 17.3 Å². The van der Waals surface area contributed by atoms with Gasteiger partial charge >= 0.3 is 5.97 Å². The molecule has 1 amide bonds. The van der Waals surface area contributed by atoms with E-state index >= 15 is 8.78 Å². The third-order valence-electron chi connectivity index (χ3n) is 14.7. The molecule has 0 saturated carbocycles. The molecule has 6 aromatic carbocycles. The minimum Gasteiger partial charge on any atom is -0.493 e. The molecule has 0 aliphatic heterocycles. The fourth-order valence-electron chi connectivity index (χ4n) is 11.1. The Balaban J connectivity index is 1.30. The highest BCUT2D eigenvalue weighted by atomic mass is 35.5. The molecule has 0 aliphatic rings. The molecule has 8 rings (SSSR count). The van der Waals surface area contributed by atoms with E-state index in [1.807, 2.05) is 88.4 Å². The summed E-state index contributed by atoms with van der Waals surface area (Å²) in [7, 11) is -6.85.